The van der Waals surface area contributed by atoms with E-state index in [0.29, 0.717) is 11.8 Å². The van der Waals surface area contributed by atoms with E-state index >= 15 is 0 Å². The third-order valence-electron chi connectivity index (χ3n) is 3.61. The fourth-order valence-corrected chi connectivity index (χ4v) is 3.74. The van der Waals surface area contributed by atoms with Gasteiger partial charge in [0.25, 0.3) is 11.9 Å². The zero-order chi connectivity index (χ0) is 17.7. The van der Waals surface area contributed by atoms with Crippen LogP contribution in [-0.4, -0.2) is 27.0 Å². The Morgan fingerprint density at radius 2 is 1.92 bits per heavy atom. The lowest BCUT2D eigenvalue weighted by molar-refractivity contribution is -0.197. The van der Waals surface area contributed by atoms with Crippen molar-refractivity contribution in [2.45, 2.75) is 59.4 Å². The van der Waals surface area contributed by atoms with Crippen molar-refractivity contribution in [2.24, 2.45) is 0 Å². The highest BCUT2D eigenvalue weighted by Crippen LogP contribution is 2.33. The molecule has 0 saturated carbocycles. The summed E-state index contributed by atoms with van der Waals surface area (Å²) in [5.74, 6) is -0.843. The van der Waals surface area contributed by atoms with Crippen LogP contribution >= 0.6 is 0 Å². The van der Waals surface area contributed by atoms with E-state index in [4.69, 9.17) is 18.3 Å². The summed E-state index contributed by atoms with van der Waals surface area (Å²) in [6.45, 7) is 7.04. The Hall–Kier alpha value is -1.86. The van der Waals surface area contributed by atoms with Crippen LogP contribution in [0.25, 0.3) is 0 Å². The van der Waals surface area contributed by atoms with E-state index in [9.17, 15) is 9.59 Å². The van der Waals surface area contributed by atoms with Gasteiger partial charge in [0.1, 0.15) is 5.75 Å². The SMILES string of the molecule is CCCCC1(C)OCc2cc([Si](OC(C)=O)OC(C)=O)ccc2O1. The molecular formula is C17H23O6Si. The van der Waals surface area contributed by atoms with Gasteiger partial charge in [0.2, 0.25) is 5.79 Å². The highest BCUT2D eigenvalue weighted by molar-refractivity contribution is 6.64. The minimum atomic E-state index is -2.21. The molecule has 1 radical (unpaired) electrons. The summed E-state index contributed by atoms with van der Waals surface area (Å²) in [6.07, 6.45) is 2.92. The summed E-state index contributed by atoms with van der Waals surface area (Å²) in [4.78, 5) is 22.5. The summed E-state index contributed by atoms with van der Waals surface area (Å²) < 4.78 is 22.2. The smallest absolute Gasteiger partial charge is 0.480 e. The Kier molecular flexibility index (Phi) is 6.01. The van der Waals surface area contributed by atoms with Crippen LogP contribution in [0.4, 0.5) is 0 Å². The third kappa shape index (κ3) is 4.81. The molecule has 1 unspecified atom stereocenters. The van der Waals surface area contributed by atoms with Crippen molar-refractivity contribution >= 4 is 26.4 Å². The second-order valence-corrected chi connectivity index (χ2v) is 7.49. The van der Waals surface area contributed by atoms with Gasteiger partial charge in [-0.2, -0.15) is 0 Å². The maximum atomic E-state index is 11.2. The molecule has 2 rings (SSSR count). The second kappa shape index (κ2) is 7.81. The van der Waals surface area contributed by atoms with Crippen LogP contribution in [0.1, 0.15) is 52.5 Å². The molecule has 1 atom stereocenters. The molecule has 0 saturated heterocycles. The summed E-state index contributed by atoms with van der Waals surface area (Å²) in [7, 11) is -2.21. The first kappa shape index (κ1) is 18.5. The predicted octanol–water partition coefficient (Wildman–Crippen LogP) is 2.32. The Morgan fingerprint density at radius 3 is 2.50 bits per heavy atom. The van der Waals surface area contributed by atoms with E-state index in [2.05, 4.69) is 6.92 Å². The lowest BCUT2D eigenvalue weighted by Gasteiger charge is -2.36. The van der Waals surface area contributed by atoms with Gasteiger partial charge in [0.15, 0.2) is 0 Å². The van der Waals surface area contributed by atoms with Gasteiger partial charge in [0.05, 0.1) is 6.61 Å². The van der Waals surface area contributed by atoms with Gasteiger partial charge in [-0.1, -0.05) is 19.4 Å². The van der Waals surface area contributed by atoms with E-state index in [1.807, 2.05) is 19.1 Å². The van der Waals surface area contributed by atoms with Crippen molar-refractivity contribution in [3.8, 4) is 5.75 Å². The lowest BCUT2D eigenvalue weighted by atomic mass is 10.1. The molecule has 0 fully saturated rings. The summed E-state index contributed by atoms with van der Waals surface area (Å²) in [6, 6.07) is 5.40. The van der Waals surface area contributed by atoms with Crippen molar-refractivity contribution in [2.75, 3.05) is 0 Å². The second-order valence-electron chi connectivity index (χ2n) is 5.93. The largest absolute Gasteiger partial charge is 0.576 e. The van der Waals surface area contributed by atoms with Crippen LogP contribution in [0.5, 0.6) is 5.75 Å². The Balaban J connectivity index is 2.19. The normalized spacial score (nSPS) is 19.4. The number of unbranched alkanes of at least 4 members (excludes halogenated alkanes) is 1. The first-order valence-electron chi connectivity index (χ1n) is 8.03. The van der Waals surface area contributed by atoms with E-state index in [1.165, 1.54) is 13.8 Å². The van der Waals surface area contributed by atoms with Gasteiger partial charge in [-0.3, -0.25) is 9.59 Å². The van der Waals surface area contributed by atoms with Crippen molar-refractivity contribution in [3.63, 3.8) is 0 Å². The maximum Gasteiger partial charge on any atom is 0.576 e. The Labute approximate surface area is 143 Å². The van der Waals surface area contributed by atoms with Gasteiger partial charge in [-0.15, -0.1) is 0 Å². The molecule has 131 valence electrons. The molecule has 1 aliphatic heterocycles. The minimum absolute atomic E-state index is 0.401. The fourth-order valence-electron chi connectivity index (χ4n) is 2.43. The number of hydrogen-bond donors (Lipinski definition) is 0. The molecule has 0 aliphatic carbocycles. The zero-order valence-corrected chi connectivity index (χ0v) is 15.5. The minimum Gasteiger partial charge on any atom is -0.480 e. The topological polar surface area (TPSA) is 71.1 Å². The van der Waals surface area contributed by atoms with Crippen LogP contribution in [0.3, 0.4) is 0 Å². The van der Waals surface area contributed by atoms with Crippen molar-refractivity contribution < 1.29 is 27.9 Å². The number of fused-ring (bicyclic) bond motifs is 1. The molecule has 0 aromatic heterocycles. The molecule has 0 spiro atoms. The first-order chi connectivity index (χ1) is 11.3. The molecule has 0 N–H and O–H groups in total. The molecule has 1 aliphatic rings. The Bertz CT molecular complexity index is 601. The molecule has 6 nitrogen and oxygen atoms in total. The molecule has 1 heterocycles. The number of carbonyl (C=O) groups is 2. The maximum absolute atomic E-state index is 11.2. The van der Waals surface area contributed by atoms with E-state index < -0.39 is 27.0 Å². The number of hydrogen-bond acceptors (Lipinski definition) is 6. The van der Waals surface area contributed by atoms with Crippen LogP contribution in [0, 0.1) is 0 Å². The van der Waals surface area contributed by atoms with Gasteiger partial charge in [-0.05, 0) is 18.6 Å². The summed E-state index contributed by atoms with van der Waals surface area (Å²) >= 11 is 0. The van der Waals surface area contributed by atoms with Crippen LogP contribution in [-0.2, 0) is 29.8 Å². The molecule has 7 heteroatoms. The average molecular weight is 351 g/mol. The molecule has 0 bridgehead atoms. The quantitative estimate of drug-likeness (QED) is 0.733. The van der Waals surface area contributed by atoms with Gasteiger partial charge >= 0.3 is 9.28 Å². The molecular weight excluding hydrogens is 328 g/mol. The van der Waals surface area contributed by atoms with Gasteiger partial charge in [-0.25, -0.2) is 0 Å². The molecule has 24 heavy (non-hydrogen) atoms. The number of rotatable bonds is 6. The fraction of sp³-hybridized carbons (Fsp3) is 0.529. The standard InChI is InChI=1S/C17H23O6Si/c1-5-6-9-17(4)20-11-14-10-15(7-8-16(14)21-17)24(22-12(2)18)23-13(3)19/h7-8,10H,5-6,9,11H2,1-4H3. The van der Waals surface area contributed by atoms with Gasteiger partial charge in [0, 0.05) is 37.9 Å². The van der Waals surface area contributed by atoms with Crippen LogP contribution < -0.4 is 9.92 Å². The summed E-state index contributed by atoms with van der Waals surface area (Å²) in [5, 5.41) is 0.661. The van der Waals surface area contributed by atoms with Crippen LogP contribution in [0.15, 0.2) is 18.2 Å². The zero-order valence-electron chi connectivity index (χ0n) is 14.5. The molecule has 1 aromatic rings. The molecule has 1 aromatic carbocycles. The lowest BCUT2D eigenvalue weighted by Crippen LogP contribution is -2.42. The average Bonchev–Trinajstić information content (AvgIpc) is 2.51. The monoisotopic (exact) mass is 351 g/mol. The number of ether oxygens (including phenoxy) is 2. The van der Waals surface area contributed by atoms with Gasteiger partial charge < -0.3 is 18.3 Å². The van der Waals surface area contributed by atoms with Crippen molar-refractivity contribution in [1.82, 2.24) is 0 Å². The van der Waals surface area contributed by atoms with E-state index in [-0.39, 0.29) is 0 Å². The number of benzene rings is 1. The van der Waals surface area contributed by atoms with E-state index in [1.54, 1.807) is 6.07 Å². The summed E-state index contributed by atoms with van der Waals surface area (Å²) in [5.41, 5.74) is 0.850. The highest BCUT2D eigenvalue weighted by atomic mass is 28.3. The first-order valence-corrected chi connectivity index (χ1v) is 9.34. The number of carbonyl (C=O) groups excluding carboxylic acids is 2. The van der Waals surface area contributed by atoms with Crippen molar-refractivity contribution in [3.05, 3.63) is 23.8 Å². The van der Waals surface area contributed by atoms with Crippen LogP contribution in [0.2, 0.25) is 0 Å². The van der Waals surface area contributed by atoms with E-state index in [0.717, 1.165) is 30.6 Å². The predicted molar refractivity (Wildman–Crippen MR) is 88.7 cm³/mol. The molecule has 0 amide bonds. The Morgan fingerprint density at radius 1 is 1.25 bits per heavy atom. The highest BCUT2D eigenvalue weighted by Gasteiger charge is 2.34. The van der Waals surface area contributed by atoms with Crippen molar-refractivity contribution in [1.29, 1.82) is 0 Å². The third-order valence-corrected chi connectivity index (χ3v) is 5.34.